The minimum Gasteiger partial charge on any atom is -0.350 e. The number of carbonyl (C=O) groups is 1. The number of nitrogens with one attached hydrogen (secondary N) is 2. The lowest BCUT2D eigenvalue weighted by Gasteiger charge is -2.07. The highest BCUT2D eigenvalue weighted by atomic mass is 32.1. The van der Waals surface area contributed by atoms with Crippen molar-refractivity contribution in [3.63, 3.8) is 0 Å². The number of amides is 1. The molecule has 1 amide bonds. The summed E-state index contributed by atoms with van der Waals surface area (Å²) in [5.41, 5.74) is 0.900. The summed E-state index contributed by atoms with van der Waals surface area (Å²) in [6, 6.07) is 11.2. The Morgan fingerprint density at radius 2 is 2.21 bits per heavy atom. The van der Waals surface area contributed by atoms with Gasteiger partial charge in [-0.15, -0.1) is 0 Å². The molecule has 0 aliphatic heterocycles. The molecule has 1 heterocycles. The van der Waals surface area contributed by atoms with E-state index >= 15 is 0 Å². The second-order valence-electron chi connectivity index (χ2n) is 5.65. The predicted molar refractivity (Wildman–Crippen MR) is 92.4 cm³/mol. The third-order valence-corrected chi connectivity index (χ3v) is 4.14. The summed E-state index contributed by atoms with van der Waals surface area (Å²) in [6.07, 6.45) is 3.84. The molecular formula is C17H17N5OS. The lowest BCUT2D eigenvalue weighted by molar-refractivity contribution is -0.117. The van der Waals surface area contributed by atoms with E-state index in [2.05, 4.69) is 15.5 Å². The highest BCUT2D eigenvalue weighted by Crippen LogP contribution is 2.38. The number of H-pyrrole nitrogens is 1. The normalized spacial score (nSPS) is 14.2. The first-order valence-corrected chi connectivity index (χ1v) is 8.20. The number of aromatic amines is 1. The van der Waals surface area contributed by atoms with Gasteiger partial charge in [0.05, 0.1) is 0 Å². The number of hydrogen-bond acceptors (Lipinski definition) is 4. The number of carbonyl (C=O) groups excluding carboxylic acids is 1. The monoisotopic (exact) mass is 339 g/mol. The van der Waals surface area contributed by atoms with Crippen molar-refractivity contribution in [2.75, 3.05) is 6.54 Å². The number of aromatic nitrogens is 3. The van der Waals surface area contributed by atoms with Crippen LogP contribution in [0.25, 0.3) is 6.08 Å². The Labute approximate surface area is 144 Å². The third-order valence-electron chi connectivity index (χ3n) is 3.83. The van der Waals surface area contributed by atoms with Crippen molar-refractivity contribution in [1.29, 1.82) is 5.26 Å². The second-order valence-corrected chi connectivity index (χ2v) is 6.04. The van der Waals surface area contributed by atoms with Crippen LogP contribution in [-0.2, 0) is 11.3 Å². The average Bonchev–Trinajstić information content (AvgIpc) is 3.38. The van der Waals surface area contributed by atoms with Crippen molar-refractivity contribution < 1.29 is 4.79 Å². The van der Waals surface area contributed by atoms with Gasteiger partial charge in [-0.2, -0.15) is 10.4 Å². The fourth-order valence-electron chi connectivity index (χ4n) is 2.44. The van der Waals surface area contributed by atoms with E-state index in [9.17, 15) is 10.1 Å². The topological polar surface area (TPSA) is 86.5 Å². The first-order chi connectivity index (χ1) is 11.7. The zero-order valence-electron chi connectivity index (χ0n) is 13.0. The van der Waals surface area contributed by atoms with Crippen molar-refractivity contribution in [1.82, 2.24) is 20.1 Å². The molecule has 2 aromatic rings. The first-order valence-electron chi connectivity index (χ1n) is 7.79. The quantitative estimate of drug-likeness (QED) is 0.481. The Morgan fingerprint density at radius 1 is 1.46 bits per heavy atom. The molecular weight excluding hydrogens is 322 g/mol. The molecule has 7 heteroatoms. The minimum atomic E-state index is -0.385. The molecule has 0 atom stereocenters. The lowest BCUT2D eigenvalue weighted by Crippen LogP contribution is -2.28. The van der Waals surface area contributed by atoms with Gasteiger partial charge in [-0.25, -0.2) is 0 Å². The third kappa shape index (κ3) is 3.78. The SMILES string of the molecule is N#C/C(=C/c1ccccc1)C(=O)NCCn1c(C2CC2)n[nH]c1=S. The molecule has 2 N–H and O–H groups in total. The lowest BCUT2D eigenvalue weighted by atomic mass is 10.1. The van der Waals surface area contributed by atoms with E-state index in [-0.39, 0.29) is 11.5 Å². The molecule has 1 aromatic carbocycles. The molecule has 0 spiro atoms. The van der Waals surface area contributed by atoms with E-state index < -0.39 is 0 Å². The summed E-state index contributed by atoms with van der Waals surface area (Å²) in [7, 11) is 0. The average molecular weight is 339 g/mol. The molecule has 1 fully saturated rings. The molecule has 3 rings (SSSR count). The zero-order chi connectivity index (χ0) is 16.9. The van der Waals surface area contributed by atoms with Crippen molar-refractivity contribution in [3.05, 3.63) is 52.1 Å². The van der Waals surface area contributed by atoms with E-state index in [1.165, 1.54) is 0 Å². The van der Waals surface area contributed by atoms with Gasteiger partial charge in [-0.3, -0.25) is 9.89 Å². The van der Waals surface area contributed by atoms with Crippen LogP contribution < -0.4 is 5.32 Å². The maximum Gasteiger partial charge on any atom is 0.262 e. The van der Waals surface area contributed by atoms with Gasteiger partial charge in [0.1, 0.15) is 17.5 Å². The second kappa shape index (κ2) is 7.23. The van der Waals surface area contributed by atoms with Crippen LogP contribution in [0.1, 0.15) is 30.1 Å². The Kier molecular flexibility index (Phi) is 4.87. The molecule has 0 radical (unpaired) electrons. The van der Waals surface area contributed by atoms with E-state index in [1.54, 1.807) is 6.08 Å². The zero-order valence-corrected chi connectivity index (χ0v) is 13.8. The summed E-state index contributed by atoms with van der Waals surface area (Å²) in [6.45, 7) is 0.928. The van der Waals surface area contributed by atoms with Crippen LogP contribution in [0.3, 0.4) is 0 Å². The highest BCUT2D eigenvalue weighted by Gasteiger charge is 2.28. The molecule has 1 aromatic heterocycles. The largest absolute Gasteiger partial charge is 0.350 e. The van der Waals surface area contributed by atoms with E-state index in [4.69, 9.17) is 12.2 Å². The number of benzene rings is 1. The molecule has 1 aliphatic carbocycles. The molecule has 1 saturated carbocycles. The van der Waals surface area contributed by atoms with Gasteiger partial charge < -0.3 is 9.88 Å². The fraction of sp³-hybridized carbons (Fsp3) is 0.294. The summed E-state index contributed by atoms with van der Waals surface area (Å²) in [5, 5.41) is 19.0. The molecule has 0 saturated heterocycles. The van der Waals surface area contributed by atoms with Gasteiger partial charge in [0, 0.05) is 19.0 Å². The van der Waals surface area contributed by atoms with E-state index in [0.29, 0.717) is 23.8 Å². The van der Waals surface area contributed by atoms with Gasteiger partial charge in [0.15, 0.2) is 4.77 Å². The Morgan fingerprint density at radius 3 is 2.88 bits per heavy atom. The van der Waals surface area contributed by atoms with Gasteiger partial charge >= 0.3 is 0 Å². The summed E-state index contributed by atoms with van der Waals surface area (Å²) in [4.78, 5) is 12.2. The van der Waals surface area contributed by atoms with Crippen LogP contribution >= 0.6 is 12.2 Å². The van der Waals surface area contributed by atoms with Crippen LogP contribution in [0.5, 0.6) is 0 Å². The highest BCUT2D eigenvalue weighted by molar-refractivity contribution is 7.71. The van der Waals surface area contributed by atoms with Gasteiger partial charge in [0.2, 0.25) is 0 Å². The number of rotatable bonds is 6. The minimum absolute atomic E-state index is 0.0828. The number of nitrogens with zero attached hydrogens (tertiary/aromatic N) is 3. The molecule has 0 unspecified atom stereocenters. The predicted octanol–water partition coefficient (Wildman–Crippen LogP) is 2.54. The van der Waals surface area contributed by atoms with Crippen molar-refractivity contribution in [2.24, 2.45) is 0 Å². The van der Waals surface area contributed by atoms with Gasteiger partial charge in [-0.05, 0) is 36.7 Å². The van der Waals surface area contributed by atoms with E-state index in [1.807, 2.05) is 41.0 Å². The van der Waals surface area contributed by atoms with Crippen molar-refractivity contribution in [2.45, 2.75) is 25.3 Å². The van der Waals surface area contributed by atoms with Crippen LogP contribution in [0.15, 0.2) is 35.9 Å². The maximum atomic E-state index is 12.2. The van der Waals surface area contributed by atoms with Crippen LogP contribution in [0, 0.1) is 16.1 Å². The summed E-state index contributed by atoms with van der Waals surface area (Å²) in [5.74, 6) is 1.04. The van der Waals surface area contributed by atoms with Crippen molar-refractivity contribution >= 4 is 24.2 Å². The number of hydrogen-bond donors (Lipinski definition) is 2. The summed E-state index contributed by atoms with van der Waals surface area (Å²) >= 11 is 5.23. The maximum absolute atomic E-state index is 12.2. The van der Waals surface area contributed by atoms with Gasteiger partial charge in [-0.1, -0.05) is 30.3 Å². The van der Waals surface area contributed by atoms with Crippen LogP contribution in [-0.4, -0.2) is 27.2 Å². The smallest absolute Gasteiger partial charge is 0.262 e. The number of nitriles is 1. The van der Waals surface area contributed by atoms with Gasteiger partial charge in [0.25, 0.3) is 5.91 Å². The molecule has 1 aliphatic rings. The molecule has 24 heavy (non-hydrogen) atoms. The first kappa shape index (κ1) is 16.1. The Balaban J connectivity index is 1.61. The molecule has 0 bridgehead atoms. The standard InChI is InChI=1S/C17H17N5OS/c18-11-14(10-12-4-2-1-3-5-12)16(23)19-8-9-22-15(13-6-7-13)20-21-17(22)24/h1-5,10,13H,6-9H2,(H,19,23)(H,21,24)/b14-10-. The Bertz CT molecular complexity index is 855. The van der Waals surface area contributed by atoms with Crippen LogP contribution in [0.4, 0.5) is 0 Å². The van der Waals surface area contributed by atoms with E-state index in [0.717, 1.165) is 24.2 Å². The molecule has 122 valence electrons. The van der Waals surface area contributed by atoms with Crippen LogP contribution in [0.2, 0.25) is 0 Å². The summed E-state index contributed by atoms with van der Waals surface area (Å²) < 4.78 is 2.48. The Hall–Kier alpha value is -2.72. The fourth-order valence-corrected chi connectivity index (χ4v) is 2.67. The molecule has 6 nitrogen and oxygen atoms in total. The van der Waals surface area contributed by atoms with Crippen molar-refractivity contribution in [3.8, 4) is 6.07 Å².